The number of carbonyl (C=O) groups excluding carboxylic acids is 2. The van der Waals surface area contributed by atoms with Gasteiger partial charge in [0, 0.05) is 12.6 Å². The molecular formula is C23H30N2O3. The zero-order valence-corrected chi connectivity index (χ0v) is 17.1. The molecule has 0 spiro atoms. The van der Waals surface area contributed by atoms with Crippen LogP contribution in [0.3, 0.4) is 0 Å². The number of nitrogens with zero attached hydrogens (tertiary/aromatic N) is 1. The number of nitrogens with one attached hydrogen (secondary N) is 1. The quantitative estimate of drug-likeness (QED) is 0.719. The van der Waals surface area contributed by atoms with Crippen LogP contribution in [0.4, 0.5) is 0 Å². The Bertz CT molecular complexity index is 774. The van der Waals surface area contributed by atoms with E-state index in [0.29, 0.717) is 18.7 Å². The van der Waals surface area contributed by atoms with Gasteiger partial charge in [-0.05, 0) is 44.9 Å². The third kappa shape index (κ3) is 6.41. The third-order valence-electron chi connectivity index (χ3n) is 4.36. The minimum absolute atomic E-state index is 0.0121. The van der Waals surface area contributed by atoms with Gasteiger partial charge in [-0.1, -0.05) is 55.0 Å². The normalized spacial score (nSPS) is 11.8. The molecule has 0 unspecified atom stereocenters. The molecule has 0 saturated heterocycles. The highest BCUT2D eigenvalue weighted by atomic mass is 16.5. The monoisotopic (exact) mass is 382 g/mol. The summed E-state index contributed by atoms with van der Waals surface area (Å²) in [4.78, 5) is 27.4. The van der Waals surface area contributed by atoms with E-state index in [9.17, 15) is 9.59 Å². The van der Waals surface area contributed by atoms with Crippen LogP contribution < -0.4 is 10.1 Å². The third-order valence-corrected chi connectivity index (χ3v) is 4.36. The van der Waals surface area contributed by atoms with Gasteiger partial charge < -0.3 is 15.0 Å². The first-order valence-corrected chi connectivity index (χ1v) is 9.74. The summed E-state index contributed by atoms with van der Waals surface area (Å²) in [5.74, 6) is 0.278. The number of aryl methyl sites for hydroxylation is 1. The lowest BCUT2D eigenvalue weighted by atomic mass is 10.1. The largest absolute Gasteiger partial charge is 0.484 e. The number of rotatable bonds is 9. The van der Waals surface area contributed by atoms with E-state index in [4.69, 9.17) is 4.74 Å². The van der Waals surface area contributed by atoms with Crippen molar-refractivity contribution in [1.29, 1.82) is 0 Å². The summed E-state index contributed by atoms with van der Waals surface area (Å²) in [7, 11) is 0. The standard InChI is InChI=1S/C23H30N2O3/c1-5-21(23(27)24-17(2)3)25(15-19-11-9-10-18(4)14-19)22(26)16-28-20-12-7-6-8-13-20/h6-14,17,21H,5,15-16H2,1-4H3,(H,24,27)/t21-/m1/s1. The maximum absolute atomic E-state index is 13.0. The van der Waals surface area contributed by atoms with Crippen molar-refractivity contribution in [2.24, 2.45) is 0 Å². The Kier molecular flexibility index (Phi) is 8.05. The van der Waals surface area contributed by atoms with Crippen molar-refractivity contribution in [3.8, 4) is 5.75 Å². The van der Waals surface area contributed by atoms with Gasteiger partial charge in [0.1, 0.15) is 11.8 Å². The number of hydrogen-bond acceptors (Lipinski definition) is 3. The van der Waals surface area contributed by atoms with E-state index in [1.54, 1.807) is 17.0 Å². The Hall–Kier alpha value is -2.82. The topological polar surface area (TPSA) is 58.6 Å². The first-order chi connectivity index (χ1) is 13.4. The SMILES string of the molecule is CC[C@H](C(=O)NC(C)C)N(Cc1cccc(C)c1)C(=O)COc1ccccc1. The van der Waals surface area contributed by atoms with Gasteiger partial charge in [0.25, 0.3) is 5.91 Å². The van der Waals surface area contributed by atoms with Crippen molar-refractivity contribution in [2.45, 2.75) is 52.7 Å². The zero-order chi connectivity index (χ0) is 20.5. The second-order valence-electron chi connectivity index (χ2n) is 7.20. The van der Waals surface area contributed by atoms with Crippen LogP contribution in [-0.4, -0.2) is 35.4 Å². The Morgan fingerprint density at radius 1 is 1.07 bits per heavy atom. The molecule has 2 amide bonds. The summed E-state index contributed by atoms with van der Waals surface area (Å²) < 4.78 is 5.64. The fourth-order valence-electron chi connectivity index (χ4n) is 3.05. The van der Waals surface area contributed by atoms with E-state index in [-0.39, 0.29) is 24.5 Å². The van der Waals surface area contributed by atoms with Crippen LogP contribution in [0.15, 0.2) is 54.6 Å². The van der Waals surface area contributed by atoms with Crippen LogP contribution >= 0.6 is 0 Å². The average molecular weight is 383 g/mol. The Balaban J connectivity index is 2.20. The fourth-order valence-corrected chi connectivity index (χ4v) is 3.05. The van der Waals surface area contributed by atoms with E-state index >= 15 is 0 Å². The molecular weight excluding hydrogens is 352 g/mol. The van der Waals surface area contributed by atoms with Gasteiger partial charge in [0.15, 0.2) is 6.61 Å². The van der Waals surface area contributed by atoms with Gasteiger partial charge in [-0.2, -0.15) is 0 Å². The summed E-state index contributed by atoms with van der Waals surface area (Å²) in [6, 6.07) is 16.7. The number of amides is 2. The van der Waals surface area contributed by atoms with Crippen LogP contribution in [-0.2, 0) is 16.1 Å². The number of carbonyl (C=O) groups is 2. The van der Waals surface area contributed by atoms with E-state index in [2.05, 4.69) is 5.32 Å². The van der Waals surface area contributed by atoms with Gasteiger partial charge in [0.05, 0.1) is 0 Å². The van der Waals surface area contributed by atoms with Crippen LogP contribution in [0.5, 0.6) is 5.75 Å². The van der Waals surface area contributed by atoms with Crippen LogP contribution in [0, 0.1) is 6.92 Å². The van der Waals surface area contributed by atoms with Gasteiger partial charge >= 0.3 is 0 Å². The number of para-hydroxylation sites is 1. The first kappa shape index (κ1) is 21.5. The van der Waals surface area contributed by atoms with Crippen molar-refractivity contribution in [3.63, 3.8) is 0 Å². The number of hydrogen-bond donors (Lipinski definition) is 1. The van der Waals surface area contributed by atoms with Crippen LogP contribution in [0.25, 0.3) is 0 Å². The minimum atomic E-state index is -0.546. The second kappa shape index (κ2) is 10.5. The molecule has 1 N–H and O–H groups in total. The van der Waals surface area contributed by atoms with Gasteiger partial charge in [-0.15, -0.1) is 0 Å². The molecule has 28 heavy (non-hydrogen) atoms. The highest BCUT2D eigenvalue weighted by Gasteiger charge is 2.29. The molecule has 0 fully saturated rings. The predicted octanol–water partition coefficient (Wildman–Crippen LogP) is 3.71. The highest BCUT2D eigenvalue weighted by Crippen LogP contribution is 2.15. The Labute approximate surface area is 167 Å². The maximum atomic E-state index is 13.0. The lowest BCUT2D eigenvalue weighted by Crippen LogP contribution is -2.51. The molecule has 0 aromatic heterocycles. The molecule has 0 radical (unpaired) electrons. The lowest BCUT2D eigenvalue weighted by Gasteiger charge is -2.31. The second-order valence-corrected chi connectivity index (χ2v) is 7.20. The van der Waals surface area contributed by atoms with Crippen LogP contribution in [0.1, 0.15) is 38.3 Å². The molecule has 2 rings (SSSR count). The predicted molar refractivity (Wildman–Crippen MR) is 111 cm³/mol. The first-order valence-electron chi connectivity index (χ1n) is 9.74. The Morgan fingerprint density at radius 3 is 2.39 bits per heavy atom. The molecule has 0 aliphatic rings. The van der Waals surface area contributed by atoms with E-state index < -0.39 is 6.04 Å². The van der Waals surface area contributed by atoms with Crippen molar-refractivity contribution in [2.75, 3.05) is 6.61 Å². The van der Waals surface area contributed by atoms with Crippen LogP contribution in [0.2, 0.25) is 0 Å². The molecule has 2 aromatic rings. The van der Waals surface area contributed by atoms with E-state index in [1.807, 2.05) is 70.2 Å². The van der Waals surface area contributed by atoms with Crippen molar-refractivity contribution in [1.82, 2.24) is 10.2 Å². The highest BCUT2D eigenvalue weighted by molar-refractivity contribution is 5.88. The Morgan fingerprint density at radius 2 is 1.79 bits per heavy atom. The molecule has 2 aromatic carbocycles. The van der Waals surface area contributed by atoms with Crippen molar-refractivity contribution in [3.05, 3.63) is 65.7 Å². The van der Waals surface area contributed by atoms with Crippen molar-refractivity contribution >= 4 is 11.8 Å². The van der Waals surface area contributed by atoms with Gasteiger partial charge in [-0.25, -0.2) is 0 Å². The van der Waals surface area contributed by atoms with Crippen molar-refractivity contribution < 1.29 is 14.3 Å². The summed E-state index contributed by atoms with van der Waals surface area (Å²) in [5.41, 5.74) is 2.11. The molecule has 0 heterocycles. The lowest BCUT2D eigenvalue weighted by molar-refractivity contribution is -0.143. The fraction of sp³-hybridized carbons (Fsp3) is 0.391. The van der Waals surface area contributed by atoms with Gasteiger partial charge in [0.2, 0.25) is 5.91 Å². The van der Waals surface area contributed by atoms with E-state index in [0.717, 1.165) is 11.1 Å². The van der Waals surface area contributed by atoms with E-state index in [1.165, 1.54) is 0 Å². The minimum Gasteiger partial charge on any atom is -0.484 e. The van der Waals surface area contributed by atoms with Gasteiger partial charge in [-0.3, -0.25) is 9.59 Å². The summed E-state index contributed by atoms with van der Waals surface area (Å²) in [6.07, 6.45) is 0.529. The maximum Gasteiger partial charge on any atom is 0.261 e. The molecule has 0 aliphatic heterocycles. The average Bonchev–Trinajstić information content (AvgIpc) is 2.66. The summed E-state index contributed by atoms with van der Waals surface area (Å²) in [6.45, 7) is 8.01. The molecule has 0 saturated carbocycles. The zero-order valence-electron chi connectivity index (χ0n) is 17.1. The summed E-state index contributed by atoms with van der Waals surface area (Å²) >= 11 is 0. The molecule has 5 heteroatoms. The molecule has 5 nitrogen and oxygen atoms in total. The molecule has 0 bridgehead atoms. The summed E-state index contributed by atoms with van der Waals surface area (Å²) in [5, 5.41) is 2.93. The molecule has 0 aliphatic carbocycles. The number of ether oxygens (including phenoxy) is 1. The number of benzene rings is 2. The molecule has 150 valence electrons. The smallest absolute Gasteiger partial charge is 0.261 e. The molecule has 1 atom stereocenters.